The quantitative estimate of drug-likeness (QED) is 0.884. The summed E-state index contributed by atoms with van der Waals surface area (Å²) in [4.78, 5) is 0. The van der Waals surface area contributed by atoms with Gasteiger partial charge in [-0.2, -0.15) is 0 Å². The number of benzene rings is 1. The van der Waals surface area contributed by atoms with Crippen LogP contribution in [0.15, 0.2) is 18.2 Å². The summed E-state index contributed by atoms with van der Waals surface area (Å²) in [5.74, 6) is 0.232. The van der Waals surface area contributed by atoms with Gasteiger partial charge in [0.05, 0.1) is 11.8 Å². The molecular weight excluding hydrogens is 253 g/mol. The van der Waals surface area contributed by atoms with Gasteiger partial charge in [0.15, 0.2) is 0 Å². The number of anilines is 1. The number of nitrogens with one attached hydrogen (secondary N) is 1. The van der Waals surface area contributed by atoms with E-state index in [4.69, 9.17) is 16.3 Å². The van der Waals surface area contributed by atoms with Crippen molar-refractivity contribution >= 4 is 17.3 Å². The molecule has 2 aliphatic rings. The van der Waals surface area contributed by atoms with E-state index in [-0.39, 0.29) is 17.3 Å². The fraction of sp³-hybridized carbons (Fsp3) is 0.571. The third-order valence-electron chi connectivity index (χ3n) is 4.34. The van der Waals surface area contributed by atoms with Crippen molar-refractivity contribution in [3.8, 4) is 0 Å². The Balaban J connectivity index is 1.82. The van der Waals surface area contributed by atoms with Crippen LogP contribution in [-0.2, 0) is 4.74 Å². The van der Waals surface area contributed by atoms with Gasteiger partial charge in [0.1, 0.15) is 5.82 Å². The summed E-state index contributed by atoms with van der Waals surface area (Å²) in [6.45, 7) is 5.15. The minimum Gasteiger partial charge on any atom is -0.379 e. The summed E-state index contributed by atoms with van der Waals surface area (Å²) in [6.07, 6.45) is 1.35. The zero-order valence-corrected chi connectivity index (χ0v) is 11.3. The lowest BCUT2D eigenvalue weighted by Crippen LogP contribution is -2.63. The Hall–Kier alpha value is -0.800. The van der Waals surface area contributed by atoms with Gasteiger partial charge in [-0.15, -0.1) is 0 Å². The molecule has 1 aliphatic heterocycles. The van der Waals surface area contributed by atoms with E-state index in [1.807, 2.05) is 0 Å². The topological polar surface area (TPSA) is 21.3 Å². The molecule has 0 spiro atoms. The summed E-state index contributed by atoms with van der Waals surface area (Å²) in [7, 11) is 0. The number of hydrogen-bond acceptors (Lipinski definition) is 2. The van der Waals surface area contributed by atoms with Crippen LogP contribution in [0.2, 0.25) is 5.02 Å². The lowest BCUT2D eigenvalue weighted by atomic mass is 9.57. The molecule has 18 heavy (non-hydrogen) atoms. The first-order valence-electron chi connectivity index (χ1n) is 6.33. The van der Waals surface area contributed by atoms with Crippen molar-refractivity contribution < 1.29 is 9.13 Å². The molecule has 4 heteroatoms. The molecule has 0 bridgehead atoms. The molecule has 0 radical (unpaired) electrons. The molecule has 98 valence electrons. The predicted octanol–water partition coefficient (Wildman–Crippen LogP) is 3.70. The molecule has 3 atom stereocenters. The van der Waals surface area contributed by atoms with Crippen LogP contribution in [0.25, 0.3) is 0 Å². The van der Waals surface area contributed by atoms with E-state index in [2.05, 4.69) is 19.2 Å². The van der Waals surface area contributed by atoms with Crippen molar-refractivity contribution in [2.45, 2.75) is 32.4 Å². The van der Waals surface area contributed by atoms with Crippen LogP contribution in [0.5, 0.6) is 0 Å². The fourth-order valence-electron chi connectivity index (χ4n) is 3.39. The second-order valence-electron chi connectivity index (χ2n) is 5.81. The average Bonchev–Trinajstić information content (AvgIpc) is 2.77. The van der Waals surface area contributed by atoms with E-state index in [9.17, 15) is 4.39 Å². The van der Waals surface area contributed by atoms with E-state index in [1.165, 1.54) is 6.07 Å². The Labute approximate surface area is 111 Å². The maximum atomic E-state index is 13.7. The standard InChI is InChI=1S/C14H17ClFNO/c1-14(2)12(9-5-6-18-13(9)14)17-11-7-8(15)3-4-10(11)16/h3-4,7,9,12-13,17H,5-6H2,1-2H3. The molecule has 1 saturated carbocycles. The Morgan fingerprint density at radius 3 is 3.00 bits per heavy atom. The molecule has 2 fully saturated rings. The van der Waals surface area contributed by atoms with Gasteiger partial charge >= 0.3 is 0 Å². The summed E-state index contributed by atoms with van der Waals surface area (Å²) in [5.41, 5.74) is 0.529. The number of fused-ring (bicyclic) bond motifs is 1. The highest BCUT2D eigenvalue weighted by Gasteiger charge is 2.59. The molecule has 0 amide bonds. The monoisotopic (exact) mass is 269 g/mol. The van der Waals surface area contributed by atoms with Gasteiger partial charge in [0.2, 0.25) is 0 Å². The number of rotatable bonds is 2. The molecule has 1 heterocycles. The molecular formula is C14H17ClFNO. The van der Waals surface area contributed by atoms with Gasteiger partial charge in [-0.05, 0) is 24.6 Å². The third kappa shape index (κ3) is 1.72. The maximum absolute atomic E-state index is 13.7. The number of hydrogen-bond donors (Lipinski definition) is 1. The first-order chi connectivity index (χ1) is 8.50. The smallest absolute Gasteiger partial charge is 0.146 e. The molecule has 1 aromatic carbocycles. The average molecular weight is 270 g/mol. The first kappa shape index (κ1) is 12.2. The molecule has 2 nitrogen and oxygen atoms in total. The van der Waals surface area contributed by atoms with E-state index in [1.54, 1.807) is 12.1 Å². The third-order valence-corrected chi connectivity index (χ3v) is 4.57. The summed E-state index contributed by atoms with van der Waals surface area (Å²) in [5, 5.41) is 3.86. The minimum atomic E-state index is -0.252. The van der Waals surface area contributed by atoms with Crippen molar-refractivity contribution in [3.63, 3.8) is 0 Å². The Kier molecular flexibility index (Phi) is 2.79. The Morgan fingerprint density at radius 1 is 1.44 bits per heavy atom. The van der Waals surface area contributed by atoms with Crippen molar-refractivity contribution in [1.82, 2.24) is 0 Å². The van der Waals surface area contributed by atoms with Crippen LogP contribution < -0.4 is 5.32 Å². The highest BCUT2D eigenvalue weighted by Crippen LogP contribution is 2.53. The summed E-state index contributed by atoms with van der Waals surface area (Å²) < 4.78 is 19.5. The minimum absolute atomic E-state index is 0.0376. The lowest BCUT2D eigenvalue weighted by Gasteiger charge is -2.55. The molecule has 3 unspecified atom stereocenters. The molecule has 0 aromatic heterocycles. The summed E-state index contributed by atoms with van der Waals surface area (Å²) >= 11 is 5.91. The van der Waals surface area contributed by atoms with Crippen molar-refractivity contribution in [1.29, 1.82) is 0 Å². The second kappa shape index (κ2) is 4.10. The largest absolute Gasteiger partial charge is 0.379 e. The number of halogens is 2. The van der Waals surface area contributed by atoms with Crippen LogP contribution in [0.1, 0.15) is 20.3 Å². The van der Waals surface area contributed by atoms with Crippen LogP contribution in [0.3, 0.4) is 0 Å². The van der Waals surface area contributed by atoms with Gasteiger partial charge in [-0.3, -0.25) is 0 Å². The van der Waals surface area contributed by atoms with Gasteiger partial charge in [-0.25, -0.2) is 4.39 Å². The van der Waals surface area contributed by atoms with Gasteiger partial charge in [0, 0.05) is 29.0 Å². The zero-order chi connectivity index (χ0) is 12.9. The van der Waals surface area contributed by atoms with Crippen LogP contribution >= 0.6 is 11.6 Å². The molecule has 3 rings (SSSR count). The van der Waals surface area contributed by atoms with Crippen LogP contribution in [0.4, 0.5) is 10.1 Å². The summed E-state index contributed by atoms with van der Waals surface area (Å²) in [6, 6.07) is 4.86. The second-order valence-corrected chi connectivity index (χ2v) is 6.25. The number of ether oxygens (including phenoxy) is 1. The Bertz CT molecular complexity index is 477. The predicted molar refractivity (Wildman–Crippen MR) is 70.4 cm³/mol. The van der Waals surface area contributed by atoms with Gasteiger partial charge < -0.3 is 10.1 Å². The van der Waals surface area contributed by atoms with Gasteiger partial charge in [-0.1, -0.05) is 25.4 Å². The highest BCUT2D eigenvalue weighted by molar-refractivity contribution is 6.30. The fourth-order valence-corrected chi connectivity index (χ4v) is 3.57. The van der Waals surface area contributed by atoms with Crippen molar-refractivity contribution in [3.05, 3.63) is 29.0 Å². The molecule has 1 aliphatic carbocycles. The zero-order valence-electron chi connectivity index (χ0n) is 10.5. The lowest BCUT2D eigenvalue weighted by molar-refractivity contribution is -0.0923. The highest BCUT2D eigenvalue weighted by atomic mass is 35.5. The van der Waals surface area contributed by atoms with Gasteiger partial charge in [0.25, 0.3) is 0 Å². The van der Waals surface area contributed by atoms with Crippen LogP contribution in [0, 0.1) is 17.2 Å². The molecule has 1 aromatic rings. The normalized spacial score (nSPS) is 32.8. The first-order valence-corrected chi connectivity index (χ1v) is 6.71. The van der Waals surface area contributed by atoms with E-state index in [0.717, 1.165) is 13.0 Å². The van der Waals surface area contributed by atoms with E-state index in [0.29, 0.717) is 22.7 Å². The molecule has 1 N–H and O–H groups in total. The van der Waals surface area contributed by atoms with Crippen molar-refractivity contribution in [2.24, 2.45) is 11.3 Å². The van der Waals surface area contributed by atoms with E-state index >= 15 is 0 Å². The van der Waals surface area contributed by atoms with Crippen LogP contribution in [-0.4, -0.2) is 18.8 Å². The van der Waals surface area contributed by atoms with Crippen molar-refractivity contribution in [2.75, 3.05) is 11.9 Å². The molecule has 1 saturated heterocycles. The SMILES string of the molecule is CC1(C)C(Nc2cc(Cl)ccc2F)C2CCOC21. The van der Waals surface area contributed by atoms with E-state index < -0.39 is 0 Å². The Morgan fingerprint density at radius 2 is 2.22 bits per heavy atom. The maximum Gasteiger partial charge on any atom is 0.146 e.